The molecule has 0 aliphatic carbocycles. The van der Waals surface area contributed by atoms with E-state index in [9.17, 15) is 22.8 Å². The topological polar surface area (TPSA) is 52.0 Å². The molecular weight excluding hydrogens is 357 g/mol. The van der Waals surface area contributed by atoms with E-state index in [4.69, 9.17) is 11.6 Å². The van der Waals surface area contributed by atoms with Crippen molar-refractivity contribution in [2.75, 3.05) is 0 Å². The number of rotatable bonds is 2. The van der Waals surface area contributed by atoms with Crippen LogP contribution in [0.25, 0.3) is 10.9 Å². The molecule has 8 heteroatoms. The number of carbonyl (C=O) groups is 2. The molecule has 0 atom stereocenters. The van der Waals surface area contributed by atoms with Crippen LogP contribution in [-0.4, -0.2) is 22.0 Å². The molecule has 0 saturated carbocycles. The molecule has 4 nitrogen and oxygen atoms in total. The largest absolute Gasteiger partial charge is 0.417 e. The maximum atomic E-state index is 13.3. The first-order valence-corrected chi connectivity index (χ1v) is 7.47. The van der Waals surface area contributed by atoms with Crippen molar-refractivity contribution in [3.8, 4) is 0 Å². The van der Waals surface area contributed by atoms with Gasteiger partial charge in [0.25, 0.3) is 5.91 Å². The highest BCUT2D eigenvalue weighted by molar-refractivity contribution is 6.34. The second kappa shape index (κ2) is 6.00. The standard InChI is InChI=1S/C17H10ClF3N2O2/c1-9-11-6-5-10(8-24)7-14(11)23(22-9)16(25)15-12(17(19,20)21)3-2-4-13(15)18/h2-8H,1H3. The monoisotopic (exact) mass is 366 g/mol. The third kappa shape index (κ3) is 2.91. The third-order valence-corrected chi connectivity index (χ3v) is 4.07. The molecule has 0 aliphatic rings. The number of hydrogen-bond acceptors (Lipinski definition) is 3. The number of nitrogens with zero attached hydrogens (tertiary/aromatic N) is 2. The molecule has 3 aromatic rings. The summed E-state index contributed by atoms with van der Waals surface area (Å²) in [4.78, 5) is 23.8. The summed E-state index contributed by atoms with van der Waals surface area (Å²) in [6.07, 6.45) is -4.17. The van der Waals surface area contributed by atoms with Gasteiger partial charge < -0.3 is 0 Å². The molecule has 0 radical (unpaired) electrons. The van der Waals surface area contributed by atoms with Crippen molar-refractivity contribution in [1.82, 2.24) is 9.78 Å². The predicted octanol–water partition coefficient (Wildman–Crippen LogP) is 4.52. The van der Waals surface area contributed by atoms with Crippen molar-refractivity contribution in [2.24, 2.45) is 0 Å². The smallest absolute Gasteiger partial charge is 0.298 e. The van der Waals surface area contributed by atoms with Crippen LogP contribution in [0.5, 0.6) is 0 Å². The van der Waals surface area contributed by atoms with Crippen molar-refractivity contribution in [2.45, 2.75) is 13.1 Å². The summed E-state index contributed by atoms with van der Waals surface area (Å²) >= 11 is 5.88. The SMILES string of the molecule is Cc1nn(C(=O)c2c(Cl)cccc2C(F)(F)F)c2cc(C=O)ccc12. The zero-order chi connectivity index (χ0) is 18.4. The van der Waals surface area contributed by atoms with Crippen LogP contribution in [0.2, 0.25) is 5.02 Å². The summed E-state index contributed by atoms with van der Waals surface area (Å²) in [6.45, 7) is 1.62. The summed E-state index contributed by atoms with van der Waals surface area (Å²) in [5.74, 6) is -1.01. The summed E-state index contributed by atoms with van der Waals surface area (Å²) in [5, 5.41) is 4.26. The predicted molar refractivity (Wildman–Crippen MR) is 86.0 cm³/mol. The van der Waals surface area contributed by atoms with Gasteiger partial charge in [-0.05, 0) is 25.1 Å². The summed E-state index contributed by atoms with van der Waals surface area (Å²) in [7, 11) is 0. The Hall–Kier alpha value is -2.67. The molecule has 3 rings (SSSR count). The quantitative estimate of drug-likeness (QED) is 0.627. The minimum atomic E-state index is -4.75. The molecule has 25 heavy (non-hydrogen) atoms. The van der Waals surface area contributed by atoms with Crippen LogP contribution in [-0.2, 0) is 6.18 Å². The Balaban J connectivity index is 2.27. The van der Waals surface area contributed by atoms with Gasteiger partial charge in [0.05, 0.1) is 27.4 Å². The molecule has 0 saturated heterocycles. The molecule has 1 heterocycles. The van der Waals surface area contributed by atoms with Crippen LogP contribution < -0.4 is 0 Å². The zero-order valence-corrected chi connectivity index (χ0v) is 13.5. The van der Waals surface area contributed by atoms with E-state index in [1.165, 1.54) is 18.2 Å². The third-order valence-electron chi connectivity index (χ3n) is 3.75. The van der Waals surface area contributed by atoms with Crippen molar-refractivity contribution in [3.63, 3.8) is 0 Å². The number of carbonyl (C=O) groups excluding carboxylic acids is 2. The first-order valence-electron chi connectivity index (χ1n) is 7.09. The van der Waals surface area contributed by atoms with Crippen LogP contribution in [0, 0.1) is 6.92 Å². The van der Waals surface area contributed by atoms with Gasteiger partial charge >= 0.3 is 6.18 Å². The number of alkyl halides is 3. The average Bonchev–Trinajstić information content (AvgIpc) is 2.89. The van der Waals surface area contributed by atoms with Gasteiger partial charge in [0.15, 0.2) is 0 Å². The lowest BCUT2D eigenvalue weighted by Gasteiger charge is -2.13. The Labute approximate surface area is 144 Å². The Morgan fingerprint density at radius 2 is 1.96 bits per heavy atom. The lowest BCUT2D eigenvalue weighted by molar-refractivity contribution is -0.137. The Morgan fingerprint density at radius 1 is 1.24 bits per heavy atom. The van der Waals surface area contributed by atoms with Crippen molar-refractivity contribution in [3.05, 3.63) is 63.8 Å². The highest BCUT2D eigenvalue weighted by Crippen LogP contribution is 2.35. The fraction of sp³-hybridized carbons (Fsp3) is 0.118. The van der Waals surface area contributed by atoms with Crippen LogP contribution in [0.1, 0.15) is 32.0 Å². The van der Waals surface area contributed by atoms with Crippen LogP contribution in [0.15, 0.2) is 36.4 Å². The lowest BCUT2D eigenvalue weighted by atomic mass is 10.1. The van der Waals surface area contributed by atoms with Crippen molar-refractivity contribution in [1.29, 1.82) is 0 Å². The van der Waals surface area contributed by atoms with Gasteiger partial charge in [-0.2, -0.15) is 23.0 Å². The van der Waals surface area contributed by atoms with Gasteiger partial charge in [-0.15, -0.1) is 0 Å². The second-order valence-corrected chi connectivity index (χ2v) is 5.76. The number of fused-ring (bicyclic) bond motifs is 1. The molecule has 0 amide bonds. The van der Waals surface area contributed by atoms with E-state index in [1.807, 2.05) is 0 Å². The summed E-state index contributed by atoms with van der Waals surface area (Å²) in [5.41, 5.74) is -0.867. The number of aryl methyl sites for hydroxylation is 1. The van der Waals surface area contributed by atoms with Crippen LogP contribution in [0.4, 0.5) is 13.2 Å². The first-order chi connectivity index (χ1) is 11.7. The summed E-state index contributed by atoms with van der Waals surface area (Å²) < 4.78 is 40.6. The highest BCUT2D eigenvalue weighted by Gasteiger charge is 2.37. The van der Waals surface area contributed by atoms with Crippen LogP contribution in [0.3, 0.4) is 0 Å². The van der Waals surface area contributed by atoms with E-state index >= 15 is 0 Å². The number of benzene rings is 2. The Bertz CT molecular complexity index is 1010. The molecule has 0 fully saturated rings. The molecule has 0 aliphatic heterocycles. The molecular formula is C17H10ClF3N2O2. The fourth-order valence-electron chi connectivity index (χ4n) is 2.60. The molecule has 1 aromatic heterocycles. The first kappa shape index (κ1) is 17.2. The minimum Gasteiger partial charge on any atom is -0.298 e. The van der Waals surface area contributed by atoms with Crippen molar-refractivity contribution < 1.29 is 22.8 Å². The zero-order valence-electron chi connectivity index (χ0n) is 12.8. The van der Waals surface area contributed by atoms with E-state index in [-0.39, 0.29) is 16.1 Å². The molecule has 2 aromatic carbocycles. The van der Waals surface area contributed by atoms with Gasteiger partial charge in [-0.1, -0.05) is 29.8 Å². The lowest BCUT2D eigenvalue weighted by Crippen LogP contribution is -2.20. The number of aromatic nitrogens is 2. The molecule has 0 bridgehead atoms. The highest BCUT2D eigenvalue weighted by atomic mass is 35.5. The van der Waals surface area contributed by atoms with E-state index in [1.54, 1.807) is 13.0 Å². The number of hydrogen-bond donors (Lipinski definition) is 0. The van der Waals surface area contributed by atoms with Gasteiger partial charge in [-0.3, -0.25) is 9.59 Å². The summed E-state index contributed by atoms with van der Waals surface area (Å²) in [6, 6.07) is 7.63. The normalized spacial score (nSPS) is 11.7. The van der Waals surface area contributed by atoms with E-state index in [2.05, 4.69) is 5.10 Å². The minimum absolute atomic E-state index is 0.236. The van der Waals surface area contributed by atoms with E-state index < -0.39 is 23.2 Å². The molecule has 0 N–H and O–H groups in total. The fourth-order valence-corrected chi connectivity index (χ4v) is 2.85. The van der Waals surface area contributed by atoms with Gasteiger partial charge in [-0.25, -0.2) is 0 Å². The average molecular weight is 367 g/mol. The maximum Gasteiger partial charge on any atom is 0.417 e. The maximum absolute atomic E-state index is 13.3. The van der Waals surface area contributed by atoms with E-state index in [0.29, 0.717) is 17.4 Å². The molecule has 0 spiro atoms. The van der Waals surface area contributed by atoms with Crippen LogP contribution >= 0.6 is 11.6 Å². The molecule has 0 unspecified atom stereocenters. The molecule has 128 valence electrons. The van der Waals surface area contributed by atoms with Crippen molar-refractivity contribution >= 4 is 34.7 Å². The Morgan fingerprint density at radius 3 is 2.60 bits per heavy atom. The van der Waals surface area contributed by atoms with Gasteiger partial charge in [0.1, 0.15) is 6.29 Å². The van der Waals surface area contributed by atoms with E-state index in [0.717, 1.165) is 16.8 Å². The van der Waals surface area contributed by atoms with Gasteiger partial charge in [0.2, 0.25) is 0 Å². The number of aldehydes is 1. The second-order valence-electron chi connectivity index (χ2n) is 5.36. The number of halogens is 4. The Kier molecular flexibility index (Phi) is 4.12. The van der Waals surface area contributed by atoms with Gasteiger partial charge in [0, 0.05) is 10.9 Å².